The Kier molecular flexibility index (Phi) is 14.8. The SMILES string of the molecule is C=CCOCCCCCC1COC(CCc2ccc(CCc3ccc(OC(=O)c4ccc(OC)c(OC)c4)c(Cl)c3)c(C=N)c2)OC1. The molecule has 1 saturated heterocycles. The lowest BCUT2D eigenvalue weighted by atomic mass is 9.96. The Hall–Kier alpha value is -3.69. The molecule has 0 radical (unpaired) electrons. The molecule has 0 bridgehead atoms. The van der Waals surface area contributed by atoms with Gasteiger partial charge in [-0.25, -0.2) is 4.79 Å². The topological polar surface area (TPSA) is 96.3 Å². The van der Waals surface area contributed by atoms with E-state index in [1.165, 1.54) is 20.4 Å². The predicted molar refractivity (Wildman–Crippen MR) is 185 cm³/mol. The van der Waals surface area contributed by atoms with E-state index < -0.39 is 5.97 Å². The van der Waals surface area contributed by atoms with Gasteiger partial charge in [0.25, 0.3) is 0 Å². The van der Waals surface area contributed by atoms with Gasteiger partial charge in [-0.1, -0.05) is 48.7 Å². The summed E-state index contributed by atoms with van der Waals surface area (Å²) in [5.41, 5.74) is 4.47. The lowest BCUT2D eigenvalue weighted by molar-refractivity contribution is -0.203. The molecule has 3 aromatic rings. The number of hydrogen-bond acceptors (Lipinski definition) is 8. The Balaban J connectivity index is 1.21. The lowest BCUT2D eigenvalue weighted by Gasteiger charge is -2.29. The third kappa shape index (κ3) is 11.2. The van der Waals surface area contributed by atoms with Gasteiger partial charge in [-0.3, -0.25) is 0 Å². The second-order valence-electron chi connectivity index (χ2n) is 11.6. The molecule has 0 aromatic heterocycles. The number of ether oxygens (including phenoxy) is 6. The summed E-state index contributed by atoms with van der Waals surface area (Å²) in [7, 11) is 3.04. The Bertz CT molecular complexity index is 1470. The third-order valence-corrected chi connectivity index (χ3v) is 8.50. The van der Waals surface area contributed by atoms with Gasteiger partial charge in [0.2, 0.25) is 0 Å². The van der Waals surface area contributed by atoms with Gasteiger partial charge in [0.1, 0.15) is 5.75 Å². The van der Waals surface area contributed by atoms with Crippen molar-refractivity contribution in [2.24, 2.45) is 5.92 Å². The molecule has 0 atom stereocenters. The Labute approximate surface area is 283 Å². The molecule has 252 valence electrons. The summed E-state index contributed by atoms with van der Waals surface area (Å²) in [6, 6.07) is 16.5. The fourth-order valence-corrected chi connectivity index (χ4v) is 5.77. The lowest BCUT2D eigenvalue weighted by Crippen LogP contribution is -2.32. The normalized spacial score (nSPS) is 16.0. The minimum atomic E-state index is -0.546. The maximum Gasteiger partial charge on any atom is 0.343 e. The highest BCUT2D eigenvalue weighted by molar-refractivity contribution is 6.32. The van der Waals surface area contributed by atoms with Gasteiger partial charge < -0.3 is 33.8 Å². The van der Waals surface area contributed by atoms with Crippen LogP contribution >= 0.6 is 11.6 Å². The number of benzene rings is 3. The first-order valence-corrected chi connectivity index (χ1v) is 16.6. The van der Waals surface area contributed by atoms with E-state index >= 15 is 0 Å². The van der Waals surface area contributed by atoms with Crippen LogP contribution in [0.5, 0.6) is 17.2 Å². The molecule has 0 unspecified atom stereocenters. The molecule has 1 fully saturated rings. The fourth-order valence-electron chi connectivity index (χ4n) is 5.53. The number of halogens is 1. The van der Waals surface area contributed by atoms with E-state index in [0.29, 0.717) is 34.6 Å². The molecule has 0 amide bonds. The molecule has 8 nitrogen and oxygen atoms in total. The van der Waals surface area contributed by atoms with E-state index in [0.717, 1.165) is 93.4 Å². The maximum atomic E-state index is 12.7. The Morgan fingerprint density at radius 3 is 2.36 bits per heavy atom. The van der Waals surface area contributed by atoms with Crippen molar-refractivity contribution >= 4 is 23.8 Å². The van der Waals surface area contributed by atoms with Crippen molar-refractivity contribution in [2.45, 2.75) is 57.7 Å². The molecule has 1 aliphatic heterocycles. The average Bonchev–Trinajstić information content (AvgIpc) is 3.10. The minimum absolute atomic E-state index is 0.187. The zero-order valence-electron chi connectivity index (χ0n) is 27.4. The molecule has 3 aromatic carbocycles. The van der Waals surface area contributed by atoms with Gasteiger partial charge in [0, 0.05) is 25.2 Å². The van der Waals surface area contributed by atoms with Gasteiger partial charge in [-0.2, -0.15) is 0 Å². The second-order valence-corrected chi connectivity index (χ2v) is 12.0. The van der Waals surface area contributed by atoms with Gasteiger partial charge >= 0.3 is 5.97 Å². The van der Waals surface area contributed by atoms with Crippen LogP contribution in [0.25, 0.3) is 0 Å². The number of hydrogen-bond donors (Lipinski definition) is 1. The molecule has 0 spiro atoms. The number of carbonyl (C=O) groups excluding carboxylic acids is 1. The number of aryl methyl sites for hydroxylation is 3. The molecule has 0 saturated carbocycles. The van der Waals surface area contributed by atoms with E-state index in [1.807, 2.05) is 12.1 Å². The molecule has 1 N–H and O–H groups in total. The monoisotopic (exact) mass is 663 g/mol. The van der Waals surface area contributed by atoms with Crippen LogP contribution < -0.4 is 14.2 Å². The third-order valence-electron chi connectivity index (χ3n) is 8.21. The highest BCUT2D eigenvalue weighted by Crippen LogP contribution is 2.30. The van der Waals surface area contributed by atoms with Crippen LogP contribution in [0, 0.1) is 11.3 Å². The van der Waals surface area contributed by atoms with Crippen molar-refractivity contribution in [1.82, 2.24) is 0 Å². The molecule has 9 heteroatoms. The molecule has 1 aliphatic rings. The first kappa shape index (κ1) is 36.2. The van der Waals surface area contributed by atoms with Crippen molar-refractivity contribution in [1.29, 1.82) is 5.41 Å². The Morgan fingerprint density at radius 1 is 0.894 bits per heavy atom. The van der Waals surface area contributed by atoms with Crippen LogP contribution in [-0.2, 0) is 33.5 Å². The quantitative estimate of drug-likeness (QED) is 0.0456. The van der Waals surface area contributed by atoms with Crippen LogP contribution in [0.1, 0.15) is 64.7 Å². The minimum Gasteiger partial charge on any atom is -0.493 e. The zero-order valence-corrected chi connectivity index (χ0v) is 28.2. The Morgan fingerprint density at radius 2 is 1.64 bits per heavy atom. The van der Waals surface area contributed by atoms with Crippen molar-refractivity contribution in [3.8, 4) is 17.2 Å². The molecule has 47 heavy (non-hydrogen) atoms. The van der Waals surface area contributed by atoms with Crippen molar-refractivity contribution in [2.75, 3.05) is 40.6 Å². The second kappa shape index (κ2) is 19.2. The van der Waals surface area contributed by atoms with Crippen molar-refractivity contribution in [3.05, 3.63) is 100 Å². The van der Waals surface area contributed by atoms with Crippen LogP contribution in [0.2, 0.25) is 5.02 Å². The molecule has 0 aliphatic carbocycles. The van der Waals surface area contributed by atoms with Gasteiger partial charge in [0.05, 0.1) is 44.6 Å². The summed E-state index contributed by atoms with van der Waals surface area (Å²) in [4.78, 5) is 12.7. The standard InChI is InChI=1S/C38H46ClNO7/c1-4-19-44-20-7-5-6-8-29-25-45-37(46-26-29)18-12-27-9-13-30(32(21-27)24-40)14-10-28-11-16-34(33(39)22-28)47-38(41)31-15-17-35(42-2)36(23-31)43-3/h4,9,11,13,15-17,21-24,29,37,40H,1,5-8,10,12,14,18-20,25-26H2,2-3H3. The fraction of sp³-hybridized carbons (Fsp3) is 0.421. The number of esters is 1. The number of carbonyl (C=O) groups is 1. The molecule has 1 heterocycles. The van der Waals surface area contributed by atoms with Crippen LogP contribution in [0.15, 0.2) is 67.3 Å². The average molecular weight is 664 g/mol. The van der Waals surface area contributed by atoms with Crippen molar-refractivity contribution in [3.63, 3.8) is 0 Å². The number of nitrogens with one attached hydrogen (secondary N) is 1. The highest BCUT2D eigenvalue weighted by atomic mass is 35.5. The van der Waals surface area contributed by atoms with Crippen LogP contribution in [0.3, 0.4) is 0 Å². The summed E-state index contributed by atoms with van der Waals surface area (Å²) >= 11 is 6.50. The summed E-state index contributed by atoms with van der Waals surface area (Å²) in [5, 5.41) is 8.35. The van der Waals surface area contributed by atoms with Crippen molar-refractivity contribution < 1.29 is 33.2 Å². The highest BCUT2D eigenvalue weighted by Gasteiger charge is 2.22. The number of rotatable bonds is 19. The van der Waals surface area contributed by atoms with Crippen LogP contribution in [0.4, 0.5) is 0 Å². The summed E-state index contributed by atoms with van der Waals surface area (Å²) in [6.07, 6.45) is 10.6. The smallest absolute Gasteiger partial charge is 0.343 e. The summed E-state index contributed by atoms with van der Waals surface area (Å²) < 4.78 is 33.5. The largest absolute Gasteiger partial charge is 0.493 e. The van der Waals surface area contributed by atoms with Crippen LogP contribution in [-0.4, -0.2) is 59.1 Å². The summed E-state index contributed by atoms with van der Waals surface area (Å²) in [5.74, 6) is 1.14. The van der Waals surface area contributed by atoms with E-state index in [2.05, 4.69) is 24.8 Å². The van der Waals surface area contributed by atoms with Gasteiger partial charge in [-0.05, 0) is 90.8 Å². The molecule has 4 rings (SSSR count). The van der Waals surface area contributed by atoms with E-state index in [-0.39, 0.29) is 12.0 Å². The zero-order chi connectivity index (χ0) is 33.4. The first-order valence-electron chi connectivity index (χ1n) is 16.2. The van der Waals surface area contributed by atoms with Gasteiger partial charge in [0.15, 0.2) is 17.8 Å². The maximum absolute atomic E-state index is 12.7. The van der Waals surface area contributed by atoms with E-state index in [1.54, 1.807) is 30.3 Å². The first-order chi connectivity index (χ1) is 22.9. The van der Waals surface area contributed by atoms with E-state index in [9.17, 15) is 4.79 Å². The predicted octanol–water partition coefficient (Wildman–Crippen LogP) is 8.04. The summed E-state index contributed by atoms with van der Waals surface area (Å²) in [6.45, 7) is 6.56. The number of unbranched alkanes of at least 4 members (excludes halogenated alkanes) is 2. The number of methoxy groups -OCH3 is 2. The molecular weight excluding hydrogens is 618 g/mol. The molecular formula is C38H46ClNO7. The van der Waals surface area contributed by atoms with Gasteiger partial charge in [-0.15, -0.1) is 6.58 Å². The van der Waals surface area contributed by atoms with E-state index in [4.69, 9.17) is 45.4 Å².